The van der Waals surface area contributed by atoms with Crippen molar-refractivity contribution in [3.63, 3.8) is 0 Å². The summed E-state index contributed by atoms with van der Waals surface area (Å²) in [6, 6.07) is 6.78. The van der Waals surface area contributed by atoms with Crippen LogP contribution in [0.3, 0.4) is 0 Å². The number of carbonyl (C=O) groups is 4. The van der Waals surface area contributed by atoms with E-state index in [9.17, 15) is 19.2 Å². The van der Waals surface area contributed by atoms with E-state index in [2.05, 4.69) is 10.6 Å². The second-order valence-electron chi connectivity index (χ2n) is 5.41. The predicted octanol–water partition coefficient (Wildman–Crippen LogP) is -0.0321. The second kappa shape index (κ2) is 8.09. The third-order valence-corrected chi connectivity index (χ3v) is 3.54. The average Bonchev–Trinajstić information content (AvgIpc) is 3.00. The molecule has 2 amide bonds. The molecule has 0 spiro atoms. The Morgan fingerprint density at radius 1 is 1.29 bits per heavy atom. The van der Waals surface area contributed by atoms with Gasteiger partial charge in [-0.1, -0.05) is 30.3 Å². The fraction of sp³-hybridized carbons (Fsp3) is 0.375. The smallest absolute Gasteiger partial charge is 0.326 e. The van der Waals surface area contributed by atoms with Crippen LogP contribution in [0.1, 0.15) is 24.8 Å². The number of hydrogen-bond donors (Lipinski definition) is 3. The number of benzene rings is 1. The normalized spacial score (nSPS) is 17.7. The highest BCUT2D eigenvalue weighted by Gasteiger charge is 2.31. The third-order valence-electron chi connectivity index (χ3n) is 3.54. The molecule has 0 saturated carbocycles. The molecule has 1 aliphatic heterocycles. The molecular weight excluding hydrogens is 316 g/mol. The summed E-state index contributed by atoms with van der Waals surface area (Å²) < 4.78 is 5.01. The molecule has 128 valence electrons. The number of carboxylic acid groups (broad SMARTS) is 1. The second-order valence-corrected chi connectivity index (χ2v) is 5.41. The van der Waals surface area contributed by atoms with Gasteiger partial charge in [0.15, 0.2) is 0 Å². The van der Waals surface area contributed by atoms with Crippen molar-refractivity contribution in [2.45, 2.75) is 38.0 Å². The van der Waals surface area contributed by atoms with E-state index in [-0.39, 0.29) is 18.9 Å². The van der Waals surface area contributed by atoms with Gasteiger partial charge in [0.25, 0.3) is 0 Å². The Balaban J connectivity index is 1.83. The zero-order valence-electron chi connectivity index (χ0n) is 12.9. The quantitative estimate of drug-likeness (QED) is 0.602. The van der Waals surface area contributed by atoms with Gasteiger partial charge in [0, 0.05) is 6.42 Å². The number of aliphatic carboxylic acids is 1. The van der Waals surface area contributed by atoms with Crippen LogP contribution in [-0.4, -0.2) is 40.9 Å². The predicted molar refractivity (Wildman–Crippen MR) is 81.6 cm³/mol. The minimum Gasteiger partial charge on any atom is -0.480 e. The van der Waals surface area contributed by atoms with Crippen molar-refractivity contribution in [2.24, 2.45) is 0 Å². The van der Waals surface area contributed by atoms with Crippen LogP contribution >= 0.6 is 0 Å². The Labute approximate surface area is 138 Å². The van der Waals surface area contributed by atoms with E-state index in [0.29, 0.717) is 6.42 Å². The zero-order chi connectivity index (χ0) is 17.5. The van der Waals surface area contributed by atoms with Crippen molar-refractivity contribution in [2.75, 3.05) is 0 Å². The van der Waals surface area contributed by atoms with Gasteiger partial charge in [0.05, 0.1) is 6.42 Å². The third kappa shape index (κ3) is 5.08. The van der Waals surface area contributed by atoms with E-state index >= 15 is 0 Å². The van der Waals surface area contributed by atoms with Gasteiger partial charge in [-0.05, 0) is 12.0 Å². The Kier molecular flexibility index (Phi) is 5.89. The van der Waals surface area contributed by atoms with Gasteiger partial charge in [-0.2, -0.15) is 0 Å². The summed E-state index contributed by atoms with van der Waals surface area (Å²) in [5.74, 6) is -2.96. The Morgan fingerprint density at radius 3 is 2.58 bits per heavy atom. The monoisotopic (exact) mass is 334 g/mol. The molecule has 1 aliphatic rings. The topological polar surface area (TPSA) is 122 Å². The first-order valence-electron chi connectivity index (χ1n) is 7.48. The molecule has 0 bridgehead atoms. The molecule has 2 rings (SSSR count). The van der Waals surface area contributed by atoms with Crippen molar-refractivity contribution >= 4 is 23.8 Å². The molecule has 1 heterocycles. The summed E-state index contributed by atoms with van der Waals surface area (Å²) in [7, 11) is 0. The number of ether oxygens (including phenoxy) is 1. The van der Waals surface area contributed by atoms with Crippen molar-refractivity contribution in [1.82, 2.24) is 10.6 Å². The first-order valence-corrected chi connectivity index (χ1v) is 7.48. The van der Waals surface area contributed by atoms with Gasteiger partial charge in [0.2, 0.25) is 11.8 Å². The van der Waals surface area contributed by atoms with Crippen molar-refractivity contribution in [3.05, 3.63) is 35.9 Å². The highest BCUT2D eigenvalue weighted by molar-refractivity contribution is 5.93. The van der Waals surface area contributed by atoms with Gasteiger partial charge in [-0.25, -0.2) is 4.79 Å². The molecule has 8 nitrogen and oxygen atoms in total. The Bertz CT molecular complexity index is 631. The largest absolute Gasteiger partial charge is 0.480 e. The highest BCUT2D eigenvalue weighted by atomic mass is 16.5. The maximum atomic E-state index is 11.9. The fourth-order valence-electron chi connectivity index (χ4n) is 2.25. The summed E-state index contributed by atoms with van der Waals surface area (Å²) >= 11 is 0. The lowest BCUT2D eigenvalue weighted by Crippen LogP contribution is -2.49. The van der Waals surface area contributed by atoms with E-state index in [1.807, 2.05) is 6.07 Å². The zero-order valence-corrected chi connectivity index (χ0v) is 12.9. The Hall–Kier alpha value is -2.90. The van der Waals surface area contributed by atoms with Gasteiger partial charge < -0.3 is 20.5 Å². The van der Waals surface area contributed by atoms with Crippen LogP contribution in [0.2, 0.25) is 0 Å². The molecule has 0 unspecified atom stereocenters. The lowest BCUT2D eigenvalue weighted by atomic mass is 10.1. The standard InChI is InChI=1S/C16H18N2O6/c19-13-7-6-11(17-13)15(21)18-12(16(22)23)8-14(20)24-9-10-4-2-1-3-5-10/h1-5,11-12H,6-9H2,(H,17,19)(H,18,21)(H,22,23)/t11-,12+/m1/s1. The van der Waals surface area contributed by atoms with Crippen LogP contribution in [0.4, 0.5) is 0 Å². The van der Waals surface area contributed by atoms with Crippen LogP contribution in [0.25, 0.3) is 0 Å². The number of carboxylic acids is 1. The van der Waals surface area contributed by atoms with Crippen molar-refractivity contribution in [1.29, 1.82) is 0 Å². The molecule has 2 atom stereocenters. The number of carbonyl (C=O) groups excluding carboxylic acids is 3. The maximum Gasteiger partial charge on any atom is 0.326 e. The number of hydrogen-bond acceptors (Lipinski definition) is 5. The molecule has 0 aromatic heterocycles. The minimum atomic E-state index is -1.40. The maximum absolute atomic E-state index is 11.9. The first kappa shape index (κ1) is 17.5. The summed E-state index contributed by atoms with van der Waals surface area (Å²) in [5, 5.41) is 13.8. The van der Waals surface area contributed by atoms with Gasteiger partial charge in [-0.15, -0.1) is 0 Å². The Morgan fingerprint density at radius 2 is 2.00 bits per heavy atom. The highest BCUT2D eigenvalue weighted by Crippen LogP contribution is 2.08. The first-order chi connectivity index (χ1) is 11.5. The van der Waals surface area contributed by atoms with Crippen LogP contribution < -0.4 is 10.6 Å². The van der Waals surface area contributed by atoms with Crippen LogP contribution in [0, 0.1) is 0 Å². The van der Waals surface area contributed by atoms with Gasteiger partial charge in [0.1, 0.15) is 18.7 Å². The fourth-order valence-corrected chi connectivity index (χ4v) is 2.25. The van der Waals surface area contributed by atoms with Crippen molar-refractivity contribution < 1.29 is 29.0 Å². The van der Waals surface area contributed by atoms with Crippen LogP contribution in [0.5, 0.6) is 0 Å². The number of nitrogens with one attached hydrogen (secondary N) is 2. The lowest BCUT2D eigenvalue weighted by molar-refractivity contribution is -0.151. The summed E-state index contributed by atoms with van der Waals surface area (Å²) in [6.07, 6.45) is 0.0268. The summed E-state index contributed by atoms with van der Waals surface area (Å²) in [5.41, 5.74) is 0.774. The molecule has 1 saturated heterocycles. The molecule has 0 radical (unpaired) electrons. The van der Waals surface area contributed by atoms with Gasteiger partial charge >= 0.3 is 11.9 Å². The van der Waals surface area contributed by atoms with Crippen molar-refractivity contribution in [3.8, 4) is 0 Å². The molecule has 0 aliphatic carbocycles. The van der Waals surface area contributed by atoms with E-state index in [1.54, 1.807) is 24.3 Å². The van der Waals surface area contributed by atoms with Crippen LogP contribution in [-0.2, 0) is 30.5 Å². The summed E-state index contributed by atoms with van der Waals surface area (Å²) in [4.78, 5) is 46.0. The molecular formula is C16H18N2O6. The molecule has 1 aromatic carbocycles. The molecule has 1 fully saturated rings. The molecule has 24 heavy (non-hydrogen) atoms. The van der Waals surface area contributed by atoms with E-state index in [4.69, 9.17) is 9.84 Å². The number of rotatable bonds is 7. The van der Waals surface area contributed by atoms with E-state index in [0.717, 1.165) is 5.56 Å². The minimum absolute atomic E-state index is 0.0264. The average molecular weight is 334 g/mol. The lowest BCUT2D eigenvalue weighted by Gasteiger charge is -2.17. The molecule has 8 heteroatoms. The SMILES string of the molecule is O=C1CC[C@H](C(=O)N[C@@H](CC(=O)OCc2ccccc2)C(=O)O)N1. The van der Waals surface area contributed by atoms with E-state index < -0.39 is 36.4 Å². The number of esters is 1. The number of amides is 2. The van der Waals surface area contributed by atoms with Gasteiger partial charge in [-0.3, -0.25) is 14.4 Å². The van der Waals surface area contributed by atoms with E-state index in [1.165, 1.54) is 0 Å². The van der Waals surface area contributed by atoms with Crippen LogP contribution in [0.15, 0.2) is 30.3 Å². The summed E-state index contributed by atoms with van der Waals surface area (Å²) in [6.45, 7) is 0.0264. The molecule has 3 N–H and O–H groups in total. The molecule has 1 aromatic rings.